The van der Waals surface area contributed by atoms with Crippen LogP contribution in [-0.4, -0.2) is 17.6 Å². The van der Waals surface area contributed by atoms with Crippen molar-refractivity contribution in [2.24, 2.45) is 5.73 Å². The maximum atomic E-state index is 8.72. The minimum atomic E-state index is -1.07. The summed E-state index contributed by atoms with van der Waals surface area (Å²) in [6.07, 6.45) is 0. The van der Waals surface area contributed by atoms with Crippen LogP contribution in [0.1, 0.15) is 13.8 Å². The third-order valence-corrected chi connectivity index (χ3v) is 0.437. The number of aliphatic hydroxyl groups is 1. The molecular formula is C4H11NO2. The minimum Gasteiger partial charge on any atom is -0.366 e. The molecule has 0 saturated heterocycles. The fourth-order valence-corrected chi connectivity index (χ4v) is 0.204. The van der Waals surface area contributed by atoms with Crippen LogP contribution in [0.4, 0.5) is 0 Å². The Balaban J connectivity index is 3.15. The van der Waals surface area contributed by atoms with E-state index < -0.39 is 5.79 Å². The zero-order valence-corrected chi connectivity index (χ0v) is 4.64. The van der Waals surface area contributed by atoms with Gasteiger partial charge in [0, 0.05) is 0 Å². The molecule has 0 heterocycles. The van der Waals surface area contributed by atoms with E-state index in [-0.39, 0.29) is 6.73 Å². The van der Waals surface area contributed by atoms with Gasteiger partial charge in [0.2, 0.25) is 0 Å². The summed E-state index contributed by atoms with van der Waals surface area (Å²) in [5.74, 6) is -1.07. The molecular weight excluding hydrogens is 94.0 g/mol. The highest BCUT2D eigenvalue weighted by molar-refractivity contribution is 4.44. The van der Waals surface area contributed by atoms with Crippen LogP contribution in [0.15, 0.2) is 0 Å². The molecule has 0 aliphatic carbocycles. The van der Waals surface area contributed by atoms with E-state index in [1.807, 2.05) is 0 Å². The number of nitrogens with two attached hydrogens (primary N) is 1. The highest BCUT2D eigenvalue weighted by atomic mass is 16.6. The number of ether oxygens (including phenoxy) is 1. The summed E-state index contributed by atoms with van der Waals surface area (Å²) in [7, 11) is 0. The van der Waals surface area contributed by atoms with Gasteiger partial charge in [-0.1, -0.05) is 0 Å². The highest BCUT2D eigenvalue weighted by Crippen LogP contribution is 1.99. The normalized spacial score (nSPS) is 12.0. The zero-order chi connectivity index (χ0) is 5.91. The topological polar surface area (TPSA) is 55.5 Å². The van der Waals surface area contributed by atoms with Crippen LogP contribution in [-0.2, 0) is 4.74 Å². The Kier molecular flexibility index (Phi) is 2.22. The Morgan fingerprint density at radius 3 is 2.14 bits per heavy atom. The van der Waals surface area contributed by atoms with Crippen molar-refractivity contribution in [3.05, 3.63) is 0 Å². The standard InChI is InChI=1S/C4H11NO2/c1-4(2,6)7-3-5/h6H,3,5H2,1-2H3. The average Bonchev–Trinajstić information content (AvgIpc) is 1.30. The Labute approximate surface area is 43.1 Å². The van der Waals surface area contributed by atoms with Gasteiger partial charge in [0.05, 0.1) is 6.73 Å². The van der Waals surface area contributed by atoms with Gasteiger partial charge < -0.3 is 15.6 Å². The molecule has 0 radical (unpaired) electrons. The lowest BCUT2D eigenvalue weighted by atomic mass is 10.4. The smallest absolute Gasteiger partial charge is 0.161 e. The lowest BCUT2D eigenvalue weighted by Crippen LogP contribution is -2.26. The summed E-state index contributed by atoms with van der Waals surface area (Å²) in [5.41, 5.74) is 4.93. The lowest BCUT2D eigenvalue weighted by molar-refractivity contribution is -0.174. The fraction of sp³-hybridized carbons (Fsp3) is 1.00. The lowest BCUT2D eigenvalue weighted by Gasteiger charge is -2.15. The van der Waals surface area contributed by atoms with Crippen LogP contribution >= 0.6 is 0 Å². The highest BCUT2D eigenvalue weighted by Gasteiger charge is 2.09. The van der Waals surface area contributed by atoms with Gasteiger partial charge in [0.15, 0.2) is 5.79 Å². The molecule has 0 fully saturated rings. The molecule has 0 bridgehead atoms. The molecule has 0 aromatic carbocycles. The molecule has 0 atom stereocenters. The number of hydrogen-bond donors (Lipinski definition) is 2. The van der Waals surface area contributed by atoms with Gasteiger partial charge in [-0.15, -0.1) is 0 Å². The SMILES string of the molecule is CC(C)(O)OCN. The first-order chi connectivity index (χ1) is 3.06. The Morgan fingerprint density at radius 1 is 1.71 bits per heavy atom. The fourth-order valence-electron chi connectivity index (χ4n) is 0.204. The minimum absolute atomic E-state index is 0.0590. The van der Waals surface area contributed by atoms with Gasteiger partial charge in [0.1, 0.15) is 0 Å². The van der Waals surface area contributed by atoms with E-state index in [0.717, 1.165) is 0 Å². The molecule has 0 spiro atoms. The van der Waals surface area contributed by atoms with Crippen LogP contribution in [0, 0.1) is 0 Å². The molecule has 3 heteroatoms. The first-order valence-electron chi connectivity index (χ1n) is 2.12. The second-order valence-electron chi connectivity index (χ2n) is 1.76. The molecule has 7 heavy (non-hydrogen) atoms. The molecule has 0 saturated carbocycles. The van der Waals surface area contributed by atoms with Crippen molar-refractivity contribution < 1.29 is 9.84 Å². The van der Waals surface area contributed by atoms with E-state index >= 15 is 0 Å². The largest absolute Gasteiger partial charge is 0.366 e. The number of rotatable bonds is 2. The van der Waals surface area contributed by atoms with Gasteiger partial charge in [-0.3, -0.25) is 0 Å². The summed E-state index contributed by atoms with van der Waals surface area (Å²) >= 11 is 0. The van der Waals surface area contributed by atoms with Crippen LogP contribution < -0.4 is 5.73 Å². The molecule has 0 aliphatic rings. The van der Waals surface area contributed by atoms with Crippen molar-refractivity contribution in [3.8, 4) is 0 Å². The summed E-state index contributed by atoms with van der Waals surface area (Å²) in [6, 6.07) is 0. The Bertz CT molecular complexity index is 48.1. The third-order valence-electron chi connectivity index (χ3n) is 0.437. The predicted octanol–water partition coefficient (Wildman–Crippen LogP) is -0.352. The first kappa shape index (κ1) is 6.88. The molecule has 0 unspecified atom stereocenters. The van der Waals surface area contributed by atoms with Gasteiger partial charge in [0.25, 0.3) is 0 Å². The van der Waals surface area contributed by atoms with Crippen LogP contribution in [0.25, 0.3) is 0 Å². The van der Waals surface area contributed by atoms with Crippen molar-refractivity contribution in [2.45, 2.75) is 19.6 Å². The number of hydrogen-bond acceptors (Lipinski definition) is 3. The molecule has 3 N–H and O–H groups in total. The van der Waals surface area contributed by atoms with E-state index in [2.05, 4.69) is 4.74 Å². The van der Waals surface area contributed by atoms with E-state index in [1.165, 1.54) is 13.8 Å². The van der Waals surface area contributed by atoms with E-state index in [4.69, 9.17) is 10.8 Å². The van der Waals surface area contributed by atoms with Gasteiger partial charge in [-0.05, 0) is 13.8 Å². The van der Waals surface area contributed by atoms with Crippen molar-refractivity contribution in [3.63, 3.8) is 0 Å². The van der Waals surface area contributed by atoms with E-state index in [0.29, 0.717) is 0 Å². The van der Waals surface area contributed by atoms with Crippen LogP contribution in [0.5, 0.6) is 0 Å². The van der Waals surface area contributed by atoms with Crippen molar-refractivity contribution in [1.82, 2.24) is 0 Å². The third kappa shape index (κ3) is 5.88. The van der Waals surface area contributed by atoms with Crippen LogP contribution in [0.2, 0.25) is 0 Å². The van der Waals surface area contributed by atoms with E-state index in [9.17, 15) is 0 Å². The summed E-state index contributed by atoms with van der Waals surface area (Å²) in [5, 5.41) is 8.72. The van der Waals surface area contributed by atoms with Gasteiger partial charge >= 0.3 is 0 Å². The molecule has 3 nitrogen and oxygen atoms in total. The van der Waals surface area contributed by atoms with E-state index in [1.54, 1.807) is 0 Å². The Hall–Kier alpha value is -0.120. The summed E-state index contributed by atoms with van der Waals surface area (Å²) < 4.78 is 4.56. The molecule has 0 amide bonds. The van der Waals surface area contributed by atoms with Gasteiger partial charge in [-0.2, -0.15) is 0 Å². The van der Waals surface area contributed by atoms with Crippen molar-refractivity contribution >= 4 is 0 Å². The summed E-state index contributed by atoms with van der Waals surface area (Å²) in [6.45, 7) is 3.11. The Morgan fingerprint density at radius 2 is 2.14 bits per heavy atom. The molecule has 0 aromatic heterocycles. The van der Waals surface area contributed by atoms with Gasteiger partial charge in [-0.25, -0.2) is 0 Å². The van der Waals surface area contributed by atoms with Crippen LogP contribution in [0.3, 0.4) is 0 Å². The maximum absolute atomic E-state index is 8.72. The zero-order valence-electron chi connectivity index (χ0n) is 4.64. The molecule has 0 aromatic rings. The second kappa shape index (κ2) is 2.26. The van der Waals surface area contributed by atoms with Crippen molar-refractivity contribution in [2.75, 3.05) is 6.73 Å². The molecule has 0 rings (SSSR count). The second-order valence-corrected chi connectivity index (χ2v) is 1.76. The summed E-state index contributed by atoms with van der Waals surface area (Å²) in [4.78, 5) is 0. The monoisotopic (exact) mass is 105 g/mol. The quantitative estimate of drug-likeness (QED) is 0.472. The first-order valence-corrected chi connectivity index (χ1v) is 2.12. The predicted molar refractivity (Wildman–Crippen MR) is 26.4 cm³/mol. The molecule has 44 valence electrons. The van der Waals surface area contributed by atoms with Crippen molar-refractivity contribution in [1.29, 1.82) is 0 Å². The average molecular weight is 105 g/mol. The maximum Gasteiger partial charge on any atom is 0.161 e. The molecule has 0 aliphatic heterocycles.